The molecule has 1 aliphatic rings. The van der Waals surface area contributed by atoms with Gasteiger partial charge in [-0.1, -0.05) is 44.0 Å². The molecule has 1 saturated carbocycles. The van der Waals surface area contributed by atoms with Crippen LogP contribution in [0.1, 0.15) is 55.2 Å². The molecule has 0 aliphatic heterocycles. The first-order valence-electron chi connectivity index (χ1n) is 8.93. The molecule has 2 aromatic rings. The van der Waals surface area contributed by atoms with Gasteiger partial charge in [0.05, 0.1) is 0 Å². The first kappa shape index (κ1) is 18.7. The first-order chi connectivity index (χ1) is 12.3. The largest absolute Gasteiger partial charge is 0.573 e. The number of alkyl halides is 3. The lowest BCUT2D eigenvalue weighted by atomic mass is 9.79. The van der Waals surface area contributed by atoms with Gasteiger partial charge in [0, 0.05) is 6.42 Å². The monoisotopic (exact) mass is 366 g/mol. The Bertz CT molecular complexity index is 729. The number of ether oxygens (including phenoxy) is 1. The third-order valence-corrected chi connectivity index (χ3v) is 5.12. The van der Waals surface area contributed by atoms with Crippen molar-refractivity contribution in [3.63, 3.8) is 0 Å². The van der Waals surface area contributed by atoms with E-state index in [0.717, 1.165) is 29.9 Å². The second kappa shape index (κ2) is 7.68. The Hall–Kier alpha value is -2.04. The lowest BCUT2D eigenvalue weighted by Crippen LogP contribution is -2.17. The van der Waals surface area contributed by atoms with Gasteiger partial charge in [-0.2, -0.15) is 0 Å². The van der Waals surface area contributed by atoms with Crippen molar-refractivity contribution >= 4 is 0 Å². The zero-order valence-corrected chi connectivity index (χ0v) is 14.7. The normalized spacial score (nSPS) is 20.8. The van der Waals surface area contributed by atoms with Gasteiger partial charge in [0.25, 0.3) is 0 Å². The smallest absolute Gasteiger partial charge is 0.406 e. The van der Waals surface area contributed by atoms with Crippen LogP contribution < -0.4 is 4.74 Å². The molecule has 26 heavy (non-hydrogen) atoms. The van der Waals surface area contributed by atoms with Crippen LogP contribution in [0.4, 0.5) is 17.6 Å². The second-order valence-electron chi connectivity index (χ2n) is 7.18. The minimum absolute atomic E-state index is 0.253. The van der Waals surface area contributed by atoms with E-state index in [1.165, 1.54) is 37.1 Å². The summed E-state index contributed by atoms with van der Waals surface area (Å²) in [5, 5.41) is 0. The highest BCUT2D eigenvalue weighted by atomic mass is 19.4. The predicted octanol–water partition coefficient (Wildman–Crippen LogP) is 6.61. The fourth-order valence-electron chi connectivity index (χ4n) is 3.58. The molecule has 3 rings (SSSR count). The standard InChI is InChI=1S/C21H22F4O/c1-14-2-6-16(7-3-14)17-8-9-18(20(22)13-17)12-15-4-10-19(11-5-15)26-21(23,24)25/h4-5,8-11,13-14,16H,2-3,6-7,12H2,1H3. The minimum atomic E-state index is -4.71. The molecule has 0 spiro atoms. The number of benzene rings is 2. The maximum Gasteiger partial charge on any atom is 0.573 e. The van der Waals surface area contributed by atoms with Crippen LogP contribution in [-0.4, -0.2) is 6.36 Å². The minimum Gasteiger partial charge on any atom is -0.406 e. The van der Waals surface area contributed by atoms with Crippen molar-refractivity contribution in [2.24, 2.45) is 5.92 Å². The molecular formula is C21H22F4O. The fourth-order valence-corrected chi connectivity index (χ4v) is 3.58. The summed E-state index contributed by atoms with van der Waals surface area (Å²) in [4.78, 5) is 0. The van der Waals surface area contributed by atoms with E-state index in [-0.39, 0.29) is 11.6 Å². The van der Waals surface area contributed by atoms with Gasteiger partial charge < -0.3 is 4.74 Å². The van der Waals surface area contributed by atoms with Crippen LogP contribution in [0.5, 0.6) is 5.75 Å². The summed E-state index contributed by atoms with van der Waals surface area (Å²) < 4.78 is 54.9. The van der Waals surface area contributed by atoms with Gasteiger partial charge in [-0.05, 0) is 59.6 Å². The van der Waals surface area contributed by atoms with E-state index in [1.807, 2.05) is 6.07 Å². The Morgan fingerprint density at radius 2 is 1.62 bits per heavy atom. The lowest BCUT2D eigenvalue weighted by Gasteiger charge is -2.26. The quantitative estimate of drug-likeness (QED) is 0.553. The third kappa shape index (κ3) is 4.99. The average Bonchev–Trinajstić information content (AvgIpc) is 2.58. The van der Waals surface area contributed by atoms with Crippen molar-refractivity contribution in [3.8, 4) is 5.75 Å². The predicted molar refractivity (Wildman–Crippen MR) is 92.7 cm³/mol. The molecule has 2 aromatic carbocycles. The zero-order valence-electron chi connectivity index (χ0n) is 14.7. The number of halogens is 4. The Labute approximate surface area is 151 Å². The van der Waals surface area contributed by atoms with Crippen LogP contribution >= 0.6 is 0 Å². The van der Waals surface area contributed by atoms with E-state index >= 15 is 0 Å². The van der Waals surface area contributed by atoms with Gasteiger partial charge >= 0.3 is 6.36 Å². The molecule has 0 unspecified atom stereocenters. The number of hydrogen-bond donors (Lipinski definition) is 0. The van der Waals surface area contributed by atoms with Crippen LogP contribution in [0.15, 0.2) is 42.5 Å². The Kier molecular flexibility index (Phi) is 5.54. The fraction of sp³-hybridized carbons (Fsp3) is 0.429. The van der Waals surface area contributed by atoms with E-state index in [9.17, 15) is 17.6 Å². The molecule has 1 aliphatic carbocycles. The van der Waals surface area contributed by atoms with Gasteiger partial charge in [0.1, 0.15) is 11.6 Å². The lowest BCUT2D eigenvalue weighted by molar-refractivity contribution is -0.274. The molecule has 0 atom stereocenters. The molecule has 5 heteroatoms. The third-order valence-electron chi connectivity index (χ3n) is 5.12. The highest BCUT2D eigenvalue weighted by molar-refractivity contribution is 5.34. The van der Waals surface area contributed by atoms with Crippen LogP contribution in [0.3, 0.4) is 0 Å². The SMILES string of the molecule is CC1CCC(c2ccc(Cc3ccc(OC(F)(F)F)cc3)c(F)c2)CC1. The summed E-state index contributed by atoms with van der Waals surface area (Å²) in [6.07, 6.45) is 0.183. The summed E-state index contributed by atoms with van der Waals surface area (Å²) in [6, 6.07) is 10.9. The molecule has 0 aromatic heterocycles. The summed E-state index contributed by atoms with van der Waals surface area (Å²) in [6.45, 7) is 2.25. The number of rotatable bonds is 4. The second-order valence-corrected chi connectivity index (χ2v) is 7.18. The molecule has 140 valence electrons. The van der Waals surface area contributed by atoms with Crippen molar-refractivity contribution in [3.05, 3.63) is 65.0 Å². The summed E-state index contributed by atoms with van der Waals surface area (Å²) in [5.41, 5.74) is 2.33. The Morgan fingerprint density at radius 1 is 0.962 bits per heavy atom. The van der Waals surface area contributed by atoms with Gasteiger partial charge in [-0.3, -0.25) is 0 Å². The molecule has 1 fully saturated rings. The van der Waals surface area contributed by atoms with Crippen molar-refractivity contribution in [2.75, 3.05) is 0 Å². The molecule has 0 radical (unpaired) electrons. The molecule has 0 heterocycles. The summed E-state index contributed by atoms with van der Waals surface area (Å²) >= 11 is 0. The molecule has 1 nitrogen and oxygen atoms in total. The molecular weight excluding hydrogens is 344 g/mol. The van der Waals surface area contributed by atoms with Crippen molar-refractivity contribution < 1.29 is 22.3 Å². The Morgan fingerprint density at radius 3 is 2.19 bits per heavy atom. The average molecular weight is 366 g/mol. The van der Waals surface area contributed by atoms with Crippen molar-refractivity contribution in [2.45, 2.75) is 51.3 Å². The van der Waals surface area contributed by atoms with E-state index in [2.05, 4.69) is 11.7 Å². The van der Waals surface area contributed by atoms with Crippen molar-refractivity contribution in [1.82, 2.24) is 0 Å². The maximum absolute atomic E-state index is 14.5. The molecule has 0 N–H and O–H groups in total. The van der Waals surface area contributed by atoms with Crippen LogP contribution in [-0.2, 0) is 6.42 Å². The van der Waals surface area contributed by atoms with Gasteiger partial charge in [0.2, 0.25) is 0 Å². The molecule has 0 bridgehead atoms. The van der Waals surface area contributed by atoms with Gasteiger partial charge in [-0.25, -0.2) is 4.39 Å². The van der Waals surface area contributed by atoms with E-state index < -0.39 is 6.36 Å². The first-order valence-corrected chi connectivity index (χ1v) is 8.93. The van der Waals surface area contributed by atoms with Crippen LogP contribution in [0.2, 0.25) is 0 Å². The topological polar surface area (TPSA) is 9.23 Å². The number of hydrogen-bond acceptors (Lipinski definition) is 1. The molecule has 0 saturated heterocycles. The zero-order chi connectivity index (χ0) is 18.7. The summed E-state index contributed by atoms with van der Waals surface area (Å²) in [7, 11) is 0. The van der Waals surface area contributed by atoms with Crippen LogP contribution in [0, 0.1) is 11.7 Å². The maximum atomic E-state index is 14.5. The highest BCUT2D eigenvalue weighted by Crippen LogP contribution is 2.36. The van der Waals surface area contributed by atoms with Crippen molar-refractivity contribution in [1.29, 1.82) is 0 Å². The highest BCUT2D eigenvalue weighted by Gasteiger charge is 2.31. The van der Waals surface area contributed by atoms with E-state index in [0.29, 0.717) is 17.9 Å². The van der Waals surface area contributed by atoms with E-state index in [4.69, 9.17) is 0 Å². The Balaban J connectivity index is 1.66. The molecule has 0 amide bonds. The van der Waals surface area contributed by atoms with Gasteiger partial charge in [0.15, 0.2) is 0 Å². The van der Waals surface area contributed by atoms with E-state index in [1.54, 1.807) is 12.1 Å². The van der Waals surface area contributed by atoms with Gasteiger partial charge in [-0.15, -0.1) is 13.2 Å². The summed E-state index contributed by atoms with van der Waals surface area (Å²) in [5.74, 6) is 0.647. The van der Waals surface area contributed by atoms with Crippen LogP contribution in [0.25, 0.3) is 0 Å².